The zero-order valence-electron chi connectivity index (χ0n) is 12.9. The standard InChI is InChI=1S/C17H17FN2O2S/c1-3-22-16(21)12-5-4-6-14(10-12)19-17(23)20-15-8-7-13(18)9-11(15)2/h4-10H,3H2,1-2H3,(H2,19,20,23). The Kier molecular flexibility index (Phi) is 5.65. The number of carbonyl (C=O) groups excluding carboxylic acids is 1. The number of nitrogens with one attached hydrogen (secondary N) is 2. The molecule has 2 N–H and O–H groups in total. The van der Waals surface area contributed by atoms with Gasteiger partial charge in [0.05, 0.1) is 12.2 Å². The second-order valence-electron chi connectivity index (χ2n) is 4.84. The summed E-state index contributed by atoms with van der Waals surface area (Å²) in [7, 11) is 0. The molecule has 0 atom stereocenters. The van der Waals surface area contributed by atoms with Crippen molar-refractivity contribution in [1.82, 2.24) is 0 Å². The summed E-state index contributed by atoms with van der Waals surface area (Å²) in [4.78, 5) is 11.7. The molecule has 2 aromatic carbocycles. The Morgan fingerprint density at radius 3 is 2.70 bits per heavy atom. The summed E-state index contributed by atoms with van der Waals surface area (Å²) in [6, 6.07) is 11.3. The van der Waals surface area contributed by atoms with E-state index in [0.717, 1.165) is 5.56 Å². The summed E-state index contributed by atoms with van der Waals surface area (Å²) in [6.07, 6.45) is 0. The lowest BCUT2D eigenvalue weighted by atomic mass is 10.2. The molecular formula is C17H17FN2O2S. The Bertz CT molecular complexity index is 734. The first-order valence-corrected chi connectivity index (χ1v) is 7.51. The molecule has 0 unspecified atom stereocenters. The summed E-state index contributed by atoms with van der Waals surface area (Å²) in [5.41, 5.74) is 2.56. The van der Waals surface area contributed by atoms with Gasteiger partial charge in [0.2, 0.25) is 0 Å². The van der Waals surface area contributed by atoms with E-state index in [-0.39, 0.29) is 11.8 Å². The highest BCUT2D eigenvalue weighted by atomic mass is 32.1. The molecule has 120 valence electrons. The molecular weight excluding hydrogens is 315 g/mol. The molecule has 0 bridgehead atoms. The number of hydrogen-bond acceptors (Lipinski definition) is 3. The molecule has 0 spiro atoms. The van der Waals surface area contributed by atoms with Crippen molar-refractivity contribution in [3.05, 3.63) is 59.4 Å². The number of ether oxygens (including phenoxy) is 1. The van der Waals surface area contributed by atoms with E-state index >= 15 is 0 Å². The molecule has 0 aliphatic carbocycles. The number of carbonyl (C=O) groups is 1. The van der Waals surface area contributed by atoms with E-state index in [4.69, 9.17) is 17.0 Å². The number of aryl methyl sites for hydroxylation is 1. The van der Waals surface area contributed by atoms with Gasteiger partial charge in [-0.1, -0.05) is 6.07 Å². The molecule has 0 aliphatic heterocycles. The third-order valence-electron chi connectivity index (χ3n) is 3.07. The van der Waals surface area contributed by atoms with Crippen LogP contribution in [0.1, 0.15) is 22.8 Å². The van der Waals surface area contributed by atoms with Gasteiger partial charge in [0, 0.05) is 11.4 Å². The maximum atomic E-state index is 13.1. The monoisotopic (exact) mass is 332 g/mol. The van der Waals surface area contributed by atoms with E-state index in [1.165, 1.54) is 12.1 Å². The van der Waals surface area contributed by atoms with Crippen LogP contribution in [-0.4, -0.2) is 17.7 Å². The highest BCUT2D eigenvalue weighted by Gasteiger charge is 2.08. The molecule has 0 saturated carbocycles. The molecule has 0 radical (unpaired) electrons. The predicted octanol–water partition coefficient (Wildman–Crippen LogP) is 4.12. The van der Waals surface area contributed by atoms with E-state index in [0.29, 0.717) is 28.7 Å². The molecule has 0 aromatic heterocycles. The second-order valence-corrected chi connectivity index (χ2v) is 5.25. The van der Waals surface area contributed by atoms with Crippen molar-refractivity contribution in [2.24, 2.45) is 0 Å². The van der Waals surface area contributed by atoms with Gasteiger partial charge in [-0.3, -0.25) is 0 Å². The van der Waals surface area contributed by atoms with Crippen LogP contribution in [0.5, 0.6) is 0 Å². The van der Waals surface area contributed by atoms with Crippen LogP contribution in [0.3, 0.4) is 0 Å². The fraction of sp³-hybridized carbons (Fsp3) is 0.176. The van der Waals surface area contributed by atoms with E-state index in [9.17, 15) is 9.18 Å². The summed E-state index contributed by atoms with van der Waals surface area (Å²) in [6.45, 7) is 3.86. The fourth-order valence-electron chi connectivity index (χ4n) is 1.99. The van der Waals surface area contributed by atoms with Crippen molar-refractivity contribution in [2.45, 2.75) is 13.8 Å². The smallest absolute Gasteiger partial charge is 0.338 e. The van der Waals surface area contributed by atoms with Crippen LogP contribution >= 0.6 is 12.2 Å². The molecule has 4 nitrogen and oxygen atoms in total. The lowest BCUT2D eigenvalue weighted by Gasteiger charge is -2.13. The Morgan fingerprint density at radius 1 is 1.22 bits per heavy atom. The summed E-state index contributed by atoms with van der Waals surface area (Å²) >= 11 is 5.24. The van der Waals surface area contributed by atoms with Gasteiger partial charge in [-0.05, 0) is 68.0 Å². The Balaban J connectivity index is 2.05. The minimum absolute atomic E-state index is 0.297. The van der Waals surface area contributed by atoms with Crippen LogP contribution in [0.15, 0.2) is 42.5 Å². The number of benzene rings is 2. The number of esters is 1. The molecule has 0 amide bonds. The summed E-state index contributed by atoms with van der Waals surface area (Å²) in [5, 5.41) is 6.33. The molecule has 0 fully saturated rings. The van der Waals surface area contributed by atoms with Gasteiger partial charge in [0.15, 0.2) is 5.11 Å². The first-order valence-electron chi connectivity index (χ1n) is 7.11. The quantitative estimate of drug-likeness (QED) is 0.651. The molecule has 2 rings (SSSR count). The van der Waals surface area contributed by atoms with Crippen LogP contribution in [0, 0.1) is 12.7 Å². The Morgan fingerprint density at radius 2 is 2.00 bits per heavy atom. The average molecular weight is 332 g/mol. The molecule has 0 saturated heterocycles. The average Bonchev–Trinajstić information content (AvgIpc) is 2.50. The minimum atomic E-state index is -0.385. The summed E-state index contributed by atoms with van der Waals surface area (Å²) in [5.74, 6) is -0.682. The Hall–Kier alpha value is -2.47. The molecule has 23 heavy (non-hydrogen) atoms. The van der Waals surface area contributed by atoms with Crippen LogP contribution in [0.4, 0.5) is 15.8 Å². The molecule has 6 heteroatoms. The lowest BCUT2D eigenvalue weighted by Crippen LogP contribution is -2.20. The van der Waals surface area contributed by atoms with Gasteiger partial charge in [0.1, 0.15) is 5.82 Å². The largest absolute Gasteiger partial charge is 0.462 e. The van der Waals surface area contributed by atoms with Crippen molar-refractivity contribution < 1.29 is 13.9 Å². The Labute approximate surface area is 139 Å². The summed E-state index contributed by atoms with van der Waals surface area (Å²) < 4.78 is 18.1. The SMILES string of the molecule is CCOC(=O)c1cccc(NC(=S)Nc2ccc(F)cc2C)c1. The van der Waals surface area contributed by atoms with Crippen molar-refractivity contribution in [3.63, 3.8) is 0 Å². The van der Waals surface area contributed by atoms with Crippen molar-refractivity contribution in [2.75, 3.05) is 17.2 Å². The van der Waals surface area contributed by atoms with Gasteiger partial charge >= 0.3 is 5.97 Å². The van der Waals surface area contributed by atoms with E-state index < -0.39 is 0 Å². The number of anilines is 2. The van der Waals surface area contributed by atoms with Gasteiger partial charge in [-0.15, -0.1) is 0 Å². The maximum absolute atomic E-state index is 13.1. The van der Waals surface area contributed by atoms with Crippen LogP contribution in [-0.2, 0) is 4.74 Å². The fourth-order valence-corrected chi connectivity index (χ4v) is 2.22. The number of thiocarbonyl (C=S) groups is 1. The van der Waals surface area contributed by atoms with Crippen LogP contribution < -0.4 is 10.6 Å². The van der Waals surface area contributed by atoms with Gasteiger partial charge in [-0.2, -0.15) is 0 Å². The van der Waals surface area contributed by atoms with Crippen LogP contribution in [0.2, 0.25) is 0 Å². The molecule has 2 aromatic rings. The van der Waals surface area contributed by atoms with Crippen molar-refractivity contribution >= 4 is 34.7 Å². The maximum Gasteiger partial charge on any atom is 0.338 e. The zero-order chi connectivity index (χ0) is 16.8. The topological polar surface area (TPSA) is 50.4 Å². The first kappa shape index (κ1) is 16.9. The third kappa shape index (κ3) is 4.75. The van der Waals surface area contributed by atoms with E-state index in [2.05, 4.69) is 10.6 Å². The third-order valence-corrected chi connectivity index (χ3v) is 3.27. The molecule has 0 aliphatic rings. The molecule has 0 heterocycles. The number of hydrogen-bond donors (Lipinski definition) is 2. The predicted molar refractivity (Wildman–Crippen MR) is 93.4 cm³/mol. The van der Waals surface area contributed by atoms with E-state index in [1.54, 1.807) is 44.2 Å². The van der Waals surface area contributed by atoms with Crippen molar-refractivity contribution in [3.8, 4) is 0 Å². The zero-order valence-corrected chi connectivity index (χ0v) is 13.7. The first-order chi connectivity index (χ1) is 11.0. The van der Waals surface area contributed by atoms with Gasteiger partial charge in [0.25, 0.3) is 0 Å². The van der Waals surface area contributed by atoms with Gasteiger partial charge < -0.3 is 15.4 Å². The van der Waals surface area contributed by atoms with Gasteiger partial charge in [-0.25, -0.2) is 9.18 Å². The lowest BCUT2D eigenvalue weighted by molar-refractivity contribution is 0.0526. The van der Waals surface area contributed by atoms with Crippen LogP contribution in [0.25, 0.3) is 0 Å². The number of halogens is 1. The van der Waals surface area contributed by atoms with Crippen molar-refractivity contribution in [1.29, 1.82) is 0 Å². The highest BCUT2D eigenvalue weighted by Crippen LogP contribution is 2.17. The number of rotatable bonds is 4. The van der Waals surface area contributed by atoms with E-state index in [1.807, 2.05) is 0 Å². The second kappa shape index (κ2) is 7.69. The minimum Gasteiger partial charge on any atom is -0.462 e. The normalized spacial score (nSPS) is 10.0. The highest BCUT2D eigenvalue weighted by molar-refractivity contribution is 7.80.